The highest BCUT2D eigenvalue weighted by Gasteiger charge is 2.76. The lowest BCUT2D eigenvalue weighted by Gasteiger charge is -2.60. The first-order chi connectivity index (χ1) is 9.12. The van der Waals surface area contributed by atoms with E-state index in [0.29, 0.717) is 6.42 Å². The second-order valence-corrected chi connectivity index (χ2v) is 8.98. The number of rotatable bonds is 0. The second-order valence-electron chi connectivity index (χ2n) is 7.87. The molecule has 0 aromatic heterocycles. The number of aliphatic hydroxyl groups excluding tert-OH is 1. The molecule has 1 spiro atoms. The molecule has 4 fully saturated rings. The van der Waals surface area contributed by atoms with Gasteiger partial charge in [0.2, 0.25) is 0 Å². The molecule has 4 rings (SSSR count). The van der Waals surface area contributed by atoms with Gasteiger partial charge in [-0.1, -0.05) is 15.9 Å². The van der Waals surface area contributed by atoms with Crippen molar-refractivity contribution >= 4 is 15.9 Å². The number of ether oxygens (including phenoxy) is 3. The van der Waals surface area contributed by atoms with E-state index in [1.165, 1.54) is 0 Å². The lowest BCUT2D eigenvalue weighted by Crippen LogP contribution is -2.71. The molecule has 0 radical (unpaired) electrons. The standard InChI is InChI=1S/C15H23BrO4/c1-12(2)10(16)7-15-14(4,19-12)8-5-11(18-15)13(3,20-15)6-9(8)17/h8-11,17H,5-7H2,1-4H3/t8-,9-,10+,11?,13-,14+,15+/m0/s1. The molecule has 3 heterocycles. The summed E-state index contributed by atoms with van der Waals surface area (Å²) in [6.07, 6.45) is 1.91. The topological polar surface area (TPSA) is 47.9 Å². The van der Waals surface area contributed by atoms with Gasteiger partial charge < -0.3 is 19.3 Å². The molecule has 0 aromatic rings. The molecule has 4 nitrogen and oxygen atoms in total. The quantitative estimate of drug-likeness (QED) is 0.684. The van der Waals surface area contributed by atoms with Crippen LogP contribution >= 0.6 is 15.9 Å². The van der Waals surface area contributed by atoms with Crippen LogP contribution in [0.3, 0.4) is 0 Å². The zero-order chi connectivity index (χ0) is 14.6. The van der Waals surface area contributed by atoms with Crippen molar-refractivity contribution in [1.82, 2.24) is 0 Å². The van der Waals surface area contributed by atoms with Gasteiger partial charge in [0.1, 0.15) is 5.60 Å². The molecule has 0 aromatic carbocycles. The molecule has 3 bridgehead atoms. The van der Waals surface area contributed by atoms with Crippen LogP contribution < -0.4 is 0 Å². The maximum atomic E-state index is 10.6. The van der Waals surface area contributed by atoms with E-state index in [4.69, 9.17) is 14.2 Å². The van der Waals surface area contributed by atoms with Crippen molar-refractivity contribution in [3.8, 4) is 0 Å². The molecule has 5 heteroatoms. The highest BCUT2D eigenvalue weighted by atomic mass is 79.9. The molecule has 3 saturated heterocycles. The van der Waals surface area contributed by atoms with Crippen LogP contribution in [0.2, 0.25) is 0 Å². The number of hydrogen-bond acceptors (Lipinski definition) is 4. The summed E-state index contributed by atoms with van der Waals surface area (Å²) >= 11 is 3.74. The van der Waals surface area contributed by atoms with E-state index in [1.807, 2.05) is 0 Å². The Morgan fingerprint density at radius 2 is 1.80 bits per heavy atom. The van der Waals surface area contributed by atoms with Crippen molar-refractivity contribution in [1.29, 1.82) is 0 Å². The van der Waals surface area contributed by atoms with Crippen molar-refractivity contribution in [2.24, 2.45) is 5.92 Å². The van der Waals surface area contributed by atoms with Gasteiger partial charge in [-0.15, -0.1) is 0 Å². The average Bonchev–Trinajstić information content (AvgIpc) is 2.51. The van der Waals surface area contributed by atoms with Gasteiger partial charge in [0.15, 0.2) is 5.79 Å². The van der Waals surface area contributed by atoms with Gasteiger partial charge in [0.05, 0.1) is 23.4 Å². The summed E-state index contributed by atoms with van der Waals surface area (Å²) in [5, 5.41) is 10.6. The molecule has 1 N–H and O–H groups in total. The minimum Gasteiger partial charge on any atom is -0.393 e. The third-order valence-corrected chi connectivity index (χ3v) is 7.53. The molecule has 1 saturated carbocycles. The first-order valence-corrected chi connectivity index (χ1v) is 8.44. The number of alkyl halides is 1. The maximum absolute atomic E-state index is 10.6. The Bertz CT molecular complexity index is 469. The molecule has 4 aliphatic rings. The fraction of sp³-hybridized carbons (Fsp3) is 1.00. The molecule has 1 unspecified atom stereocenters. The van der Waals surface area contributed by atoms with Gasteiger partial charge in [-0.2, -0.15) is 0 Å². The van der Waals surface area contributed by atoms with Crippen LogP contribution in [0.15, 0.2) is 0 Å². The lowest BCUT2D eigenvalue weighted by atomic mass is 9.64. The van der Waals surface area contributed by atoms with E-state index >= 15 is 0 Å². The van der Waals surface area contributed by atoms with Crippen molar-refractivity contribution in [2.45, 2.75) is 86.6 Å². The Hall–Kier alpha value is 0.320. The van der Waals surface area contributed by atoms with Crippen LogP contribution in [0.4, 0.5) is 0 Å². The molecule has 3 aliphatic heterocycles. The Balaban J connectivity index is 1.85. The van der Waals surface area contributed by atoms with Crippen molar-refractivity contribution < 1.29 is 19.3 Å². The first kappa shape index (κ1) is 13.9. The monoisotopic (exact) mass is 346 g/mol. The highest BCUT2D eigenvalue weighted by Crippen LogP contribution is 2.65. The van der Waals surface area contributed by atoms with Gasteiger partial charge in [-0.25, -0.2) is 0 Å². The van der Waals surface area contributed by atoms with E-state index in [2.05, 4.69) is 43.6 Å². The molecule has 20 heavy (non-hydrogen) atoms. The third kappa shape index (κ3) is 1.42. The lowest BCUT2D eigenvalue weighted by molar-refractivity contribution is -0.372. The summed E-state index contributed by atoms with van der Waals surface area (Å²) in [5.74, 6) is -0.646. The maximum Gasteiger partial charge on any atom is 0.199 e. The van der Waals surface area contributed by atoms with Crippen LogP contribution in [-0.4, -0.2) is 44.7 Å². The predicted octanol–water partition coefficient (Wildman–Crippen LogP) is 2.36. The Morgan fingerprint density at radius 1 is 1.10 bits per heavy atom. The average molecular weight is 347 g/mol. The van der Waals surface area contributed by atoms with Crippen molar-refractivity contribution in [2.75, 3.05) is 0 Å². The second kappa shape index (κ2) is 3.62. The number of aliphatic hydroxyl groups is 1. The van der Waals surface area contributed by atoms with Gasteiger partial charge in [-0.05, 0) is 34.1 Å². The van der Waals surface area contributed by atoms with Crippen LogP contribution in [0, 0.1) is 5.92 Å². The minimum absolute atomic E-state index is 0.0773. The highest BCUT2D eigenvalue weighted by molar-refractivity contribution is 9.09. The van der Waals surface area contributed by atoms with Crippen molar-refractivity contribution in [3.63, 3.8) is 0 Å². The SMILES string of the molecule is CC1(C)O[C@]2(C)[C@H]3CC4O[C@]2(C[C@H]1Br)O[C@@]4(C)C[C@@H]3O. The summed E-state index contributed by atoms with van der Waals surface area (Å²) in [4.78, 5) is 0.167. The summed E-state index contributed by atoms with van der Waals surface area (Å²) in [5.41, 5.74) is -1.28. The van der Waals surface area contributed by atoms with E-state index in [0.717, 1.165) is 12.8 Å². The largest absolute Gasteiger partial charge is 0.393 e. The Morgan fingerprint density at radius 3 is 2.50 bits per heavy atom. The summed E-state index contributed by atoms with van der Waals surface area (Å²) in [7, 11) is 0. The fourth-order valence-corrected chi connectivity index (χ4v) is 5.39. The van der Waals surface area contributed by atoms with Crippen molar-refractivity contribution in [3.05, 3.63) is 0 Å². The predicted molar refractivity (Wildman–Crippen MR) is 76.7 cm³/mol. The number of fused-ring (bicyclic) bond motifs is 2. The molecule has 7 atom stereocenters. The van der Waals surface area contributed by atoms with Gasteiger partial charge in [0, 0.05) is 23.6 Å². The molecular formula is C15H23BrO4. The van der Waals surface area contributed by atoms with Crippen LogP contribution in [0.5, 0.6) is 0 Å². The zero-order valence-corrected chi connectivity index (χ0v) is 14.1. The molecular weight excluding hydrogens is 324 g/mol. The van der Waals surface area contributed by atoms with E-state index in [9.17, 15) is 5.11 Å². The smallest absolute Gasteiger partial charge is 0.199 e. The van der Waals surface area contributed by atoms with Crippen LogP contribution in [0.25, 0.3) is 0 Å². The van der Waals surface area contributed by atoms with Gasteiger partial charge in [0.25, 0.3) is 0 Å². The first-order valence-electron chi connectivity index (χ1n) is 7.52. The van der Waals surface area contributed by atoms with Gasteiger partial charge >= 0.3 is 0 Å². The van der Waals surface area contributed by atoms with E-state index in [1.54, 1.807) is 0 Å². The minimum atomic E-state index is -0.726. The van der Waals surface area contributed by atoms with Gasteiger partial charge in [-0.3, -0.25) is 0 Å². The van der Waals surface area contributed by atoms with Crippen LogP contribution in [0.1, 0.15) is 47.0 Å². The summed E-state index contributed by atoms with van der Waals surface area (Å²) in [6.45, 7) is 8.31. The Labute approximate surface area is 128 Å². The molecule has 1 aliphatic carbocycles. The number of halogens is 1. The van der Waals surface area contributed by atoms with E-state index in [-0.39, 0.29) is 34.2 Å². The normalized spacial score (nSPS) is 63.3. The molecule has 114 valence electrons. The Kier molecular flexibility index (Phi) is 2.52. The number of hydrogen-bond donors (Lipinski definition) is 1. The third-order valence-electron chi connectivity index (χ3n) is 6.10. The molecule has 0 amide bonds. The summed E-state index contributed by atoms with van der Waals surface area (Å²) < 4.78 is 19.3. The van der Waals surface area contributed by atoms with Crippen LogP contribution in [-0.2, 0) is 14.2 Å². The zero-order valence-electron chi connectivity index (χ0n) is 12.5. The fourth-order valence-electron chi connectivity index (χ4n) is 4.87. The van der Waals surface area contributed by atoms with E-state index < -0.39 is 11.4 Å². The summed E-state index contributed by atoms with van der Waals surface area (Å²) in [6, 6.07) is 0.